The number of benzene rings is 4. The first-order valence-corrected chi connectivity index (χ1v) is 33.0. The predicted octanol–water partition coefficient (Wildman–Crippen LogP) is 7.53. The van der Waals surface area contributed by atoms with E-state index in [0.717, 1.165) is 39.4 Å². The number of aliphatic hydroxyl groups is 1. The number of Topliss-reactive ketones (excluding diaryl/α,β-unsaturated/α-hetero) is 2. The van der Waals surface area contributed by atoms with Crippen LogP contribution >= 0.6 is 0 Å². The summed E-state index contributed by atoms with van der Waals surface area (Å²) in [6, 6.07) is 20.9. The molecule has 4 aromatic carbocycles. The lowest BCUT2D eigenvalue weighted by Crippen LogP contribution is -2.50. The molecule has 5 aliphatic rings. The molecule has 4 aromatic rings. The zero-order chi connectivity index (χ0) is 68.3. The van der Waals surface area contributed by atoms with Crippen molar-refractivity contribution in [3.63, 3.8) is 0 Å². The second-order valence-corrected chi connectivity index (χ2v) is 24.8. The Bertz CT molecular complexity index is 3520. The van der Waals surface area contributed by atoms with Gasteiger partial charge in [-0.1, -0.05) is 66.8 Å². The van der Waals surface area contributed by atoms with Crippen LogP contribution in [0, 0.1) is 12.8 Å². The van der Waals surface area contributed by atoms with Gasteiger partial charge in [-0.3, -0.25) is 43.3 Å². The summed E-state index contributed by atoms with van der Waals surface area (Å²) in [7, 11) is 1.54. The average molecular weight is 1320 g/mol. The summed E-state index contributed by atoms with van der Waals surface area (Å²) >= 11 is 0. The lowest BCUT2D eigenvalue weighted by atomic mass is 9.92. The third-order valence-electron chi connectivity index (χ3n) is 17.6. The number of aliphatic hydroxyl groups excluding tert-OH is 1. The number of nitrogens with zero attached hydrogens (tertiary/aromatic N) is 4. The number of nitrogens with one attached hydrogen (secondary N) is 3. The molecule has 5 heterocycles. The summed E-state index contributed by atoms with van der Waals surface area (Å²) in [5.41, 5.74) is 11.6. The van der Waals surface area contributed by atoms with Crippen molar-refractivity contribution in [3.8, 4) is 17.2 Å². The van der Waals surface area contributed by atoms with Gasteiger partial charge in [0.25, 0.3) is 23.6 Å². The molecule has 9 rings (SSSR count). The van der Waals surface area contributed by atoms with E-state index in [-0.39, 0.29) is 125 Å². The summed E-state index contributed by atoms with van der Waals surface area (Å²) in [5.74, 6) is -1.93. The molecule has 2 saturated heterocycles. The number of amides is 7. The highest BCUT2D eigenvalue weighted by molar-refractivity contribution is 6.13. The summed E-state index contributed by atoms with van der Waals surface area (Å²) in [4.78, 5) is 125. The Morgan fingerprint density at radius 2 is 1.40 bits per heavy atom. The Kier molecular flexibility index (Phi) is 25.5. The first-order valence-electron chi connectivity index (χ1n) is 33.0. The van der Waals surface area contributed by atoms with Crippen molar-refractivity contribution in [2.75, 3.05) is 95.0 Å². The van der Waals surface area contributed by atoms with Crippen LogP contribution in [0.1, 0.15) is 121 Å². The molecule has 6 N–H and O–H groups in total. The number of nitrogens with two attached hydrogens (primary N) is 1. The van der Waals surface area contributed by atoms with E-state index < -0.39 is 54.0 Å². The van der Waals surface area contributed by atoms with Crippen LogP contribution in [0.3, 0.4) is 0 Å². The first-order chi connectivity index (χ1) is 46.4. The minimum atomic E-state index is -1.50. The van der Waals surface area contributed by atoms with Crippen molar-refractivity contribution in [3.05, 3.63) is 143 Å². The van der Waals surface area contributed by atoms with Crippen molar-refractivity contribution in [1.29, 1.82) is 0 Å². The molecule has 96 heavy (non-hydrogen) atoms. The zero-order valence-electron chi connectivity index (χ0n) is 54.8. The van der Waals surface area contributed by atoms with Crippen molar-refractivity contribution < 1.29 is 76.7 Å². The number of aryl methyl sites for hydroxylation is 1. The lowest BCUT2D eigenvalue weighted by molar-refractivity contribution is -0.137. The van der Waals surface area contributed by atoms with Crippen LogP contribution in [-0.4, -0.2) is 177 Å². The van der Waals surface area contributed by atoms with Gasteiger partial charge in [-0.25, -0.2) is 9.69 Å². The molecule has 24 nitrogen and oxygen atoms in total. The quantitative estimate of drug-likeness (QED) is 0.0167. The van der Waals surface area contributed by atoms with Crippen LogP contribution in [0.15, 0.2) is 115 Å². The van der Waals surface area contributed by atoms with E-state index in [2.05, 4.69) is 29.1 Å². The van der Waals surface area contributed by atoms with Gasteiger partial charge in [0, 0.05) is 94.4 Å². The van der Waals surface area contributed by atoms with E-state index in [9.17, 15) is 48.3 Å². The minimum absolute atomic E-state index is 0.0414. The van der Waals surface area contributed by atoms with Gasteiger partial charge in [0.1, 0.15) is 30.0 Å². The Morgan fingerprint density at radius 3 is 2.12 bits per heavy atom. The molecular weight excluding hydrogens is 1230 g/mol. The van der Waals surface area contributed by atoms with Crippen LogP contribution in [0.2, 0.25) is 0 Å². The molecule has 0 spiro atoms. The van der Waals surface area contributed by atoms with E-state index in [1.807, 2.05) is 48.2 Å². The third-order valence-corrected chi connectivity index (χ3v) is 17.6. The van der Waals surface area contributed by atoms with Gasteiger partial charge >= 0.3 is 6.09 Å². The molecule has 5 aliphatic heterocycles. The predicted molar refractivity (Wildman–Crippen MR) is 357 cm³/mol. The number of rotatable bonds is 36. The average Bonchev–Trinajstić information content (AvgIpc) is 1.59. The SMILES string of the molecule is C=C1CC2CNc3cc(OCCCCCOc4cc5c(cc4C)C(=O)N4CC(=C)CC4C(O)N5C(=O)OCc4ccc(NC(=O)C(CCCCN)NC(=O)C(CC(=O)CCOCCOCCCC(=O)CCN5C(=O)C=CC5=O)Cc5ccccc5)cc4)c(OC)cc3C(=O)N2C1. The van der Waals surface area contributed by atoms with Gasteiger partial charge in [-0.2, -0.15) is 0 Å². The summed E-state index contributed by atoms with van der Waals surface area (Å²) < 4.78 is 35.2. The van der Waals surface area contributed by atoms with Crippen molar-refractivity contribution in [2.45, 2.75) is 128 Å². The number of anilines is 3. The molecule has 0 aromatic heterocycles. The molecule has 512 valence electrons. The smallest absolute Gasteiger partial charge is 0.416 e. The number of carbonyl (C=O) groups excluding carboxylic acids is 9. The number of imide groups is 1. The summed E-state index contributed by atoms with van der Waals surface area (Å²) in [5, 5.41) is 21.2. The number of fused-ring (bicyclic) bond motifs is 4. The number of methoxy groups -OCH3 is 1. The highest BCUT2D eigenvalue weighted by atomic mass is 16.6. The van der Waals surface area contributed by atoms with Gasteiger partial charge in [-0.15, -0.1) is 0 Å². The van der Waals surface area contributed by atoms with Crippen LogP contribution in [0.25, 0.3) is 0 Å². The number of hydrogen-bond donors (Lipinski definition) is 5. The van der Waals surface area contributed by atoms with Gasteiger partial charge in [0.05, 0.1) is 74.7 Å². The largest absolute Gasteiger partial charge is 0.493 e. The third kappa shape index (κ3) is 18.8. The second kappa shape index (κ2) is 34.4. The fourth-order valence-electron chi connectivity index (χ4n) is 12.4. The molecule has 0 radical (unpaired) electrons. The van der Waals surface area contributed by atoms with E-state index in [1.165, 1.54) is 17.1 Å². The van der Waals surface area contributed by atoms with Crippen molar-refractivity contribution >= 4 is 70.2 Å². The highest BCUT2D eigenvalue weighted by Gasteiger charge is 2.46. The maximum Gasteiger partial charge on any atom is 0.416 e. The normalized spacial score (nSPS) is 17.8. The van der Waals surface area contributed by atoms with E-state index in [4.69, 9.17) is 34.2 Å². The molecule has 5 unspecified atom stereocenters. The van der Waals surface area contributed by atoms with E-state index >= 15 is 0 Å². The fourth-order valence-corrected chi connectivity index (χ4v) is 12.4. The number of carbonyl (C=O) groups is 9. The number of unbranched alkanes of at least 4 members (excludes halogenated alkanes) is 3. The second-order valence-electron chi connectivity index (χ2n) is 24.8. The minimum Gasteiger partial charge on any atom is -0.493 e. The van der Waals surface area contributed by atoms with Gasteiger partial charge in [0.2, 0.25) is 11.8 Å². The molecule has 0 saturated carbocycles. The van der Waals surface area contributed by atoms with E-state index in [0.29, 0.717) is 117 Å². The van der Waals surface area contributed by atoms with Crippen LogP contribution in [0.4, 0.5) is 21.9 Å². The highest BCUT2D eigenvalue weighted by Crippen LogP contribution is 2.41. The number of ether oxygens (including phenoxy) is 6. The topological polar surface area (TPSA) is 304 Å². The Morgan fingerprint density at radius 1 is 0.698 bits per heavy atom. The molecule has 0 bridgehead atoms. The maximum absolute atomic E-state index is 14.3. The fraction of sp³-hybridized carbons (Fsp3) is 0.458. The Balaban J connectivity index is 0.751. The van der Waals surface area contributed by atoms with Crippen LogP contribution in [0.5, 0.6) is 17.2 Å². The molecule has 24 heteroatoms. The first kappa shape index (κ1) is 71.1. The van der Waals surface area contributed by atoms with Crippen LogP contribution in [-0.2, 0) is 56.0 Å². The molecule has 7 amide bonds. The van der Waals surface area contributed by atoms with E-state index in [1.54, 1.807) is 49.6 Å². The van der Waals surface area contributed by atoms with Crippen molar-refractivity contribution in [2.24, 2.45) is 11.7 Å². The van der Waals surface area contributed by atoms with Gasteiger partial charge in [0.15, 0.2) is 17.7 Å². The van der Waals surface area contributed by atoms with Gasteiger partial charge < -0.3 is 65.0 Å². The monoisotopic (exact) mass is 1320 g/mol. The van der Waals surface area contributed by atoms with Gasteiger partial charge in [-0.05, 0) is 119 Å². The van der Waals surface area contributed by atoms with Crippen LogP contribution < -0.4 is 40.8 Å². The summed E-state index contributed by atoms with van der Waals surface area (Å²) in [6.07, 6.45) is 5.40. The molecule has 0 aliphatic carbocycles. The Labute approximate surface area is 559 Å². The Hall–Kier alpha value is -9.23. The molecule has 2 fully saturated rings. The lowest BCUT2D eigenvalue weighted by Gasteiger charge is -2.31. The number of ketones is 2. The molecule has 5 atom stereocenters. The zero-order valence-corrected chi connectivity index (χ0v) is 54.8. The van der Waals surface area contributed by atoms with Crippen molar-refractivity contribution in [1.82, 2.24) is 20.0 Å². The molecular formula is C72H88N8O16. The standard InChI is InChI=1S/C72H88N8O16/c1-46-34-53-42-74-59-40-64(63(91-4)39-56(59)69(87)78(53)43-46)95-30-12-6-11-29-94-62-41-60-57(36-48(62)3)70(88)79-44-47(2)35-61(79)71(89)80(60)72(90)96-45-50-18-20-52(21-19-50)75-68(86)58(17-9-10-26-73)76-67(85)51(37-49-14-7-5-8-15-49)38-55(82)25-31-93-33-32-92-28-13-16-54(81)24-27-77-65(83)22-23-66(77)84/h5,7-8,14-15,18-23,36,39-41,51,53,58,61,71,74,89H,1-2,6,9-13,16-17,24-35,37-38,42-45,73H2,3-4H3,(H,75,86)(H,76,85). The number of hydrogen-bond acceptors (Lipinski definition) is 18. The summed E-state index contributed by atoms with van der Waals surface area (Å²) in [6.45, 7) is 13.0. The maximum atomic E-state index is 14.3.